The molecule has 1 aromatic heterocycles. The van der Waals surface area contributed by atoms with Crippen LogP contribution in [0.5, 0.6) is 5.75 Å². The van der Waals surface area contributed by atoms with Crippen LogP contribution in [0.4, 0.5) is 0 Å². The normalized spacial score (nSPS) is 11.9. The number of aromatic amines is 1. The summed E-state index contributed by atoms with van der Waals surface area (Å²) in [4.78, 5) is 37.0. The summed E-state index contributed by atoms with van der Waals surface area (Å²) in [6.45, 7) is 1.52. The van der Waals surface area contributed by atoms with Gasteiger partial charge in [-0.25, -0.2) is 0 Å². The Labute approximate surface area is 208 Å². The van der Waals surface area contributed by atoms with Gasteiger partial charge in [0.15, 0.2) is 5.78 Å². The number of primary amides is 1. The number of amides is 2. The number of hydrogen-bond donors (Lipinski definition) is 3. The Kier molecular flexibility index (Phi) is 7.25. The molecule has 0 bridgehead atoms. The zero-order valence-electron chi connectivity index (χ0n) is 19.9. The zero-order chi connectivity index (χ0) is 25.7. The van der Waals surface area contributed by atoms with E-state index >= 15 is 0 Å². The maximum atomic E-state index is 13.2. The molecule has 0 aliphatic heterocycles. The van der Waals surface area contributed by atoms with Gasteiger partial charge in [-0.3, -0.25) is 19.5 Å². The van der Waals surface area contributed by atoms with E-state index in [1.165, 1.54) is 14.0 Å². The van der Waals surface area contributed by atoms with Crippen LogP contribution in [0.3, 0.4) is 0 Å². The fourth-order valence-corrected chi connectivity index (χ4v) is 3.96. The van der Waals surface area contributed by atoms with Gasteiger partial charge in [-0.2, -0.15) is 5.10 Å². The molecule has 4 rings (SSSR count). The molecule has 8 nitrogen and oxygen atoms in total. The molecule has 0 saturated carbocycles. The van der Waals surface area contributed by atoms with Gasteiger partial charge >= 0.3 is 0 Å². The number of benzene rings is 3. The van der Waals surface area contributed by atoms with Crippen LogP contribution in [0, 0.1) is 0 Å². The number of methoxy groups -OCH3 is 1. The summed E-state index contributed by atoms with van der Waals surface area (Å²) in [5.74, 6) is -0.820. The molecule has 3 aromatic carbocycles. The second-order valence-corrected chi connectivity index (χ2v) is 8.31. The molecule has 2 amide bonds. The minimum absolute atomic E-state index is 0.0191. The number of ketones is 1. The Morgan fingerprint density at radius 2 is 1.83 bits per heavy atom. The number of hydrogen-bond acceptors (Lipinski definition) is 5. The second kappa shape index (κ2) is 10.7. The summed E-state index contributed by atoms with van der Waals surface area (Å²) in [6.07, 6.45) is 3.88. The molecule has 1 unspecified atom stereocenters. The van der Waals surface area contributed by atoms with Gasteiger partial charge in [0.25, 0.3) is 5.91 Å². The van der Waals surface area contributed by atoms with Crippen LogP contribution in [-0.4, -0.2) is 40.9 Å². The third-order valence-electron chi connectivity index (χ3n) is 5.82. The Bertz CT molecular complexity index is 1460. The first kappa shape index (κ1) is 24.4. The summed E-state index contributed by atoms with van der Waals surface area (Å²) in [7, 11) is 1.47. The summed E-state index contributed by atoms with van der Waals surface area (Å²) in [6, 6.07) is 19.0. The molecular weight excluding hydrogens is 456 g/mol. The molecule has 4 aromatic rings. The van der Waals surface area contributed by atoms with Crippen LogP contribution in [0.25, 0.3) is 23.1 Å². The highest BCUT2D eigenvalue weighted by atomic mass is 16.5. The van der Waals surface area contributed by atoms with E-state index in [-0.39, 0.29) is 17.8 Å². The van der Waals surface area contributed by atoms with Crippen LogP contribution < -0.4 is 15.8 Å². The van der Waals surface area contributed by atoms with E-state index in [1.807, 2.05) is 48.5 Å². The minimum Gasteiger partial charge on any atom is -0.495 e. The Balaban J connectivity index is 1.65. The molecule has 0 radical (unpaired) electrons. The summed E-state index contributed by atoms with van der Waals surface area (Å²) in [5.41, 5.74) is 9.37. The number of ether oxygens (including phenoxy) is 1. The lowest BCUT2D eigenvalue weighted by molar-refractivity contribution is -0.119. The Morgan fingerprint density at radius 3 is 2.53 bits per heavy atom. The SMILES string of the molecule is COc1c(C(=O)NC(Cc2ccccc2)C(N)=O)ccc2[nH]nc(C=Cc3cccc(C(C)=O)c3)c12. The third kappa shape index (κ3) is 5.33. The fraction of sp³-hybridized carbons (Fsp3) is 0.143. The van der Waals surface area contributed by atoms with Crippen molar-refractivity contribution in [1.82, 2.24) is 15.5 Å². The number of carbonyl (C=O) groups is 3. The maximum absolute atomic E-state index is 13.2. The molecule has 0 aliphatic carbocycles. The predicted molar refractivity (Wildman–Crippen MR) is 139 cm³/mol. The number of nitrogens with two attached hydrogens (primary N) is 1. The molecule has 182 valence electrons. The number of nitrogens with zero attached hydrogens (tertiary/aromatic N) is 1. The molecule has 8 heteroatoms. The van der Waals surface area contributed by atoms with E-state index in [0.29, 0.717) is 27.9 Å². The molecule has 0 saturated heterocycles. The van der Waals surface area contributed by atoms with E-state index in [9.17, 15) is 14.4 Å². The molecule has 1 heterocycles. The van der Waals surface area contributed by atoms with E-state index in [0.717, 1.165) is 11.1 Å². The first-order chi connectivity index (χ1) is 17.4. The van der Waals surface area contributed by atoms with Gasteiger partial charge in [-0.15, -0.1) is 0 Å². The highest BCUT2D eigenvalue weighted by molar-refractivity contribution is 6.06. The number of carbonyl (C=O) groups excluding carboxylic acids is 3. The Morgan fingerprint density at radius 1 is 1.06 bits per heavy atom. The quantitative estimate of drug-likeness (QED) is 0.313. The lowest BCUT2D eigenvalue weighted by atomic mass is 10.0. The van der Waals surface area contributed by atoms with E-state index in [1.54, 1.807) is 30.3 Å². The first-order valence-corrected chi connectivity index (χ1v) is 11.4. The zero-order valence-corrected chi connectivity index (χ0v) is 19.9. The molecule has 4 N–H and O–H groups in total. The van der Waals surface area contributed by atoms with Crippen molar-refractivity contribution < 1.29 is 19.1 Å². The standard InChI is InChI=1S/C28H26N4O4/c1-17(33)20-10-6-9-19(15-20)11-13-22-25-23(32-31-22)14-12-21(26(25)36-2)28(35)30-24(27(29)34)16-18-7-4-3-5-8-18/h3-15,24H,16H2,1-2H3,(H2,29,34)(H,30,35)(H,31,32). The summed E-state index contributed by atoms with van der Waals surface area (Å²) in [5, 5.41) is 10.6. The smallest absolute Gasteiger partial charge is 0.255 e. The highest BCUT2D eigenvalue weighted by Gasteiger charge is 2.24. The van der Waals surface area contributed by atoms with Crippen LogP contribution >= 0.6 is 0 Å². The van der Waals surface area contributed by atoms with Crippen molar-refractivity contribution in [2.24, 2.45) is 5.73 Å². The van der Waals surface area contributed by atoms with Crippen molar-refractivity contribution in [3.63, 3.8) is 0 Å². The molecule has 0 fully saturated rings. The van der Waals surface area contributed by atoms with Crippen LogP contribution in [-0.2, 0) is 11.2 Å². The average Bonchev–Trinajstić information content (AvgIpc) is 3.30. The second-order valence-electron chi connectivity index (χ2n) is 8.31. The first-order valence-electron chi connectivity index (χ1n) is 11.4. The van der Waals surface area contributed by atoms with Gasteiger partial charge in [-0.1, -0.05) is 54.6 Å². The van der Waals surface area contributed by atoms with E-state index in [2.05, 4.69) is 15.5 Å². The van der Waals surface area contributed by atoms with Gasteiger partial charge in [-0.05, 0) is 42.3 Å². The topological polar surface area (TPSA) is 127 Å². The minimum atomic E-state index is -0.891. The number of H-pyrrole nitrogens is 1. The number of aromatic nitrogens is 2. The Hall–Kier alpha value is -4.72. The fourth-order valence-electron chi connectivity index (χ4n) is 3.96. The molecule has 36 heavy (non-hydrogen) atoms. The van der Waals surface area contributed by atoms with Gasteiger partial charge in [0.05, 0.1) is 29.3 Å². The molecular formula is C28H26N4O4. The van der Waals surface area contributed by atoms with Crippen molar-refractivity contribution in [2.75, 3.05) is 7.11 Å². The molecule has 1 atom stereocenters. The number of nitrogens with one attached hydrogen (secondary N) is 2. The molecule has 0 spiro atoms. The van der Waals surface area contributed by atoms with Gasteiger partial charge in [0, 0.05) is 12.0 Å². The van der Waals surface area contributed by atoms with E-state index in [4.69, 9.17) is 10.5 Å². The van der Waals surface area contributed by atoms with Crippen LogP contribution in [0.1, 0.15) is 44.5 Å². The van der Waals surface area contributed by atoms with Gasteiger partial charge in [0.2, 0.25) is 5.91 Å². The summed E-state index contributed by atoms with van der Waals surface area (Å²) >= 11 is 0. The van der Waals surface area contributed by atoms with Crippen molar-refractivity contribution in [2.45, 2.75) is 19.4 Å². The van der Waals surface area contributed by atoms with Gasteiger partial charge in [0.1, 0.15) is 11.8 Å². The number of fused-ring (bicyclic) bond motifs is 1. The van der Waals surface area contributed by atoms with Crippen LogP contribution in [0.15, 0.2) is 66.7 Å². The summed E-state index contributed by atoms with van der Waals surface area (Å²) < 4.78 is 5.63. The van der Waals surface area contributed by atoms with E-state index < -0.39 is 17.9 Å². The lowest BCUT2D eigenvalue weighted by Gasteiger charge is -2.17. The van der Waals surface area contributed by atoms with Crippen LogP contribution in [0.2, 0.25) is 0 Å². The van der Waals surface area contributed by atoms with Crippen molar-refractivity contribution in [3.8, 4) is 5.75 Å². The third-order valence-corrected chi connectivity index (χ3v) is 5.82. The average molecular weight is 483 g/mol. The number of rotatable bonds is 9. The molecule has 0 aliphatic rings. The highest BCUT2D eigenvalue weighted by Crippen LogP contribution is 2.32. The lowest BCUT2D eigenvalue weighted by Crippen LogP contribution is -2.45. The van der Waals surface area contributed by atoms with Crippen molar-refractivity contribution >= 4 is 40.7 Å². The monoisotopic (exact) mass is 482 g/mol. The van der Waals surface area contributed by atoms with Crippen molar-refractivity contribution in [1.29, 1.82) is 0 Å². The largest absolute Gasteiger partial charge is 0.495 e. The number of Topliss-reactive ketones (excluding diaryl/α,β-unsaturated/α-hetero) is 1. The van der Waals surface area contributed by atoms with Crippen molar-refractivity contribution in [3.05, 3.63) is 94.7 Å². The van der Waals surface area contributed by atoms with Gasteiger partial charge < -0.3 is 15.8 Å². The predicted octanol–water partition coefficient (Wildman–Crippen LogP) is 3.77. The maximum Gasteiger partial charge on any atom is 0.255 e.